The van der Waals surface area contributed by atoms with E-state index in [2.05, 4.69) is 0 Å². The first-order valence-electron chi connectivity index (χ1n) is 4.16. The second-order valence-electron chi connectivity index (χ2n) is 2.83. The molecule has 0 aliphatic heterocycles. The molecule has 66 valence electrons. The van der Waals surface area contributed by atoms with Gasteiger partial charge in [-0.2, -0.15) is 0 Å². The molecule has 1 N–H and O–H groups in total. The molecular weight excluding hydrogens is 164 g/mol. The smallest absolute Gasteiger partial charge is 0.285 e. The van der Waals surface area contributed by atoms with E-state index < -0.39 is 0 Å². The van der Waals surface area contributed by atoms with Crippen molar-refractivity contribution in [2.45, 2.75) is 6.10 Å². The summed E-state index contributed by atoms with van der Waals surface area (Å²) >= 11 is 0. The Hall–Kier alpha value is -1.70. The minimum atomic E-state index is -0.130. The number of allylic oxidation sites excluding steroid dienone is 7. The average Bonchev–Trinajstić information content (AvgIpc) is 2.74. The summed E-state index contributed by atoms with van der Waals surface area (Å²) < 4.78 is 5.25. The van der Waals surface area contributed by atoms with Gasteiger partial charge in [0.2, 0.25) is 0 Å². The summed E-state index contributed by atoms with van der Waals surface area (Å²) in [6, 6.07) is 0. The van der Waals surface area contributed by atoms with Crippen LogP contribution in [-0.4, -0.2) is 11.2 Å². The SMILES string of the molecule is OC(OC1C=CC=C1)=C1C=CC=C1. The molecule has 0 spiro atoms. The Bertz CT molecular complexity index is 317. The minimum Gasteiger partial charge on any atom is -0.481 e. The van der Waals surface area contributed by atoms with Gasteiger partial charge in [-0.15, -0.1) is 0 Å². The number of ether oxygens (including phenoxy) is 1. The van der Waals surface area contributed by atoms with Crippen molar-refractivity contribution in [2.75, 3.05) is 0 Å². The maximum absolute atomic E-state index is 9.50. The molecule has 0 aromatic heterocycles. The minimum absolute atomic E-state index is 0.0220. The molecule has 2 aliphatic rings. The maximum Gasteiger partial charge on any atom is 0.285 e. The summed E-state index contributed by atoms with van der Waals surface area (Å²) in [5, 5.41) is 9.50. The van der Waals surface area contributed by atoms with Crippen LogP contribution in [0.2, 0.25) is 0 Å². The van der Waals surface area contributed by atoms with Crippen LogP contribution in [-0.2, 0) is 4.74 Å². The number of hydrogen-bond donors (Lipinski definition) is 1. The van der Waals surface area contributed by atoms with Crippen LogP contribution in [0.3, 0.4) is 0 Å². The Morgan fingerprint density at radius 3 is 2.31 bits per heavy atom. The molecule has 2 heteroatoms. The van der Waals surface area contributed by atoms with Gasteiger partial charge in [-0.25, -0.2) is 0 Å². The van der Waals surface area contributed by atoms with E-state index in [1.807, 2.05) is 36.5 Å². The predicted molar refractivity (Wildman–Crippen MR) is 51.1 cm³/mol. The molecule has 2 rings (SSSR count). The molecule has 0 saturated heterocycles. The molecule has 0 aromatic rings. The van der Waals surface area contributed by atoms with E-state index >= 15 is 0 Å². The lowest BCUT2D eigenvalue weighted by Crippen LogP contribution is -2.04. The first kappa shape index (κ1) is 7.92. The molecule has 0 heterocycles. The average molecular weight is 174 g/mol. The summed E-state index contributed by atoms with van der Waals surface area (Å²) in [7, 11) is 0. The van der Waals surface area contributed by atoms with Gasteiger partial charge < -0.3 is 9.84 Å². The second kappa shape index (κ2) is 3.35. The molecule has 0 saturated carbocycles. The van der Waals surface area contributed by atoms with E-state index in [-0.39, 0.29) is 12.0 Å². The van der Waals surface area contributed by atoms with Gasteiger partial charge in [-0.1, -0.05) is 24.3 Å². The van der Waals surface area contributed by atoms with Crippen LogP contribution >= 0.6 is 0 Å². The number of aliphatic hydroxyl groups excluding tert-OH is 1. The Balaban J connectivity index is 2.05. The van der Waals surface area contributed by atoms with Crippen LogP contribution in [0.5, 0.6) is 0 Å². The zero-order valence-electron chi connectivity index (χ0n) is 7.05. The van der Waals surface area contributed by atoms with Gasteiger partial charge >= 0.3 is 0 Å². The van der Waals surface area contributed by atoms with Crippen molar-refractivity contribution >= 4 is 0 Å². The lowest BCUT2D eigenvalue weighted by molar-refractivity contribution is 0.0781. The van der Waals surface area contributed by atoms with Crippen LogP contribution in [0, 0.1) is 0 Å². The monoisotopic (exact) mass is 174 g/mol. The van der Waals surface area contributed by atoms with Crippen molar-refractivity contribution in [2.24, 2.45) is 0 Å². The second-order valence-corrected chi connectivity index (χ2v) is 2.83. The van der Waals surface area contributed by atoms with Gasteiger partial charge in [0.1, 0.15) is 6.10 Å². The molecule has 13 heavy (non-hydrogen) atoms. The summed E-state index contributed by atoms with van der Waals surface area (Å²) in [5.74, 6) is -0.0220. The highest BCUT2D eigenvalue weighted by molar-refractivity contribution is 5.40. The molecule has 2 nitrogen and oxygen atoms in total. The van der Waals surface area contributed by atoms with Gasteiger partial charge in [0.15, 0.2) is 0 Å². The largest absolute Gasteiger partial charge is 0.481 e. The van der Waals surface area contributed by atoms with Gasteiger partial charge in [0.05, 0.1) is 5.57 Å². The van der Waals surface area contributed by atoms with E-state index in [1.165, 1.54) is 0 Å². The summed E-state index contributed by atoms with van der Waals surface area (Å²) in [6.07, 6.45) is 14.7. The van der Waals surface area contributed by atoms with Crippen LogP contribution in [0.15, 0.2) is 60.1 Å². The molecule has 0 amide bonds. The summed E-state index contributed by atoms with van der Waals surface area (Å²) in [6.45, 7) is 0. The van der Waals surface area contributed by atoms with E-state index in [0.717, 1.165) is 0 Å². The highest BCUT2D eigenvalue weighted by Crippen LogP contribution is 2.16. The van der Waals surface area contributed by atoms with Crippen LogP contribution < -0.4 is 0 Å². The normalized spacial score (nSPS) is 18.9. The lowest BCUT2D eigenvalue weighted by atomic mass is 10.3. The molecule has 2 aliphatic carbocycles. The summed E-state index contributed by atoms with van der Waals surface area (Å²) in [5.41, 5.74) is 0.716. The molecule has 0 unspecified atom stereocenters. The van der Waals surface area contributed by atoms with Gasteiger partial charge in [0.25, 0.3) is 5.95 Å². The van der Waals surface area contributed by atoms with E-state index in [1.54, 1.807) is 12.2 Å². The standard InChI is InChI=1S/C11H10O2/c12-11(9-5-1-2-6-9)13-10-7-3-4-8-10/h1-8,10,12H. The first-order chi connectivity index (χ1) is 6.36. The van der Waals surface area contributed by atoms with Crippen molar-refractivity contribution < 1.29 is 9.84 Å². The number of aliphatic hydroxyl groups is 1. The fraction of sp³-hybridized carbons (Fsp3) is 0.0909. The van der Waals surface area contributed by atoms with Gasteiger partial charge in [-0.3, -0.25) is 0 Å². The van der Waals surface area contributed by atoms with E-state index in [0.29, 0.717) is 5.57 Å². The highest BCUT2D eigenvalue weighted by atomic mass is 16.6. The number of hydrogen-bond acceptors (Lipinski definition) is 2. The van der Waals surface area contributed by atoms with Gasteiger partial charge in [-0.05, 0) is 24.3 Å². The van der Waals surface area contributed by atoms with Crippen LogP contribution in [0.1, 0.15) is 0 Å². The molecule has 0 bridgehead atoms. The molecule has 0 aromatic carbocycles. The lowest BCUT2D eigenvalue weighted by Gasteiger charge is -2.09. The molecule has 0 radical (unpaired) electrons. The Kier molecular flexibility index (Phi) is 2.04. The summed E-state index contributed by atoms with van der Waals surface area (Å²) in [4.78, 5) is 0. The highest BCUT2D eigenvalue weighted by Gasteiger charge is 2.09. The quantitative estimate of drug-likeness (QED) is 0.651. The van der Waals surface area contributed by atoms with Gasteiger partial charge in [0, 0.05) is 0 Å². The fourth-order valence-electron chi connectivity index (χ4n) is 1.20. The fourth-order valence-corrected chi connectivity index (χ4v) is 1.20. The molecule has 0 atom stereocenters. The Morgan fingerprint density at radius 2 is 1.69 bits per heavy atom. The van der Waals surface area contributed by atoms with E-state index in [9.17, 15) is 5.11 Å². The van der Waals surface area contributed by atoms with Crippen LogP contribution in [0.4, 0.5) is 0 Å². The third kappa shape index (κ3) is 1.72. The zero-order valence-corrected chi connectivity index (χ0v) is 7.05. The third-order valence-electron chi connectivity index (χ3n) is 1.87. The van der Waals surface area contributed by atoms with Crippen molar-refractivity contribution in [3.05, 3.63) is 60.1 Å². The number of rotatable bonds is 2. The predicted octanol–water partition coefficient (Wildman–Crippen LogP) is 2.39. The van der Waals surface area contributed by atoms with Crippen molar-refractivity contribution in [1.82, 2.24) is 0 Å². The zero-order chi connectivity index (χ0) is 9.10. The Labute approximate surface area is 76.8 Å². The van der Waals surface area contributed by atoms with Crippen molar-refractivity contribution in [1.29, 1.82) is 0 Å². The van der Waals surface area contributed by atoms with Crippen molar-refractivity contribution in [3.63, 3.8) is 0 Å². The first-order valence-corrected chi connectivity index (χ1v) is 4.16. The topological polar surface area (TPSA) is 29.5 Å². The van der Waals surface area contributed by atoms with E-state index in [4.69, 9.17) is 4.74 Å². The van der Waals surface area contributed by atoms with Crippen LogP contribution in [0.25, 0.3) is 0 Å². The maximum atomic E-state index is 9.50. The Morgan fingerprint density at radius 1 is 1.08 bits per heavy atom. The third-order valence-corrected chi connectivity index (χ3v) is 1.87. The molecular formula is C11H10O2. The molecule has 0 fully saturated rings. The van der Waals surface area contributed by atoms with Crippen molar-refractivity contribution in [3.8, 4) is 0 Å².